The van der Waals surface area contributed by atoms with E-state index in [9.17, 15) is 8.78 Å². The van der Waals surface area contributed by atoms with Crippen molar-refractivity contribution in [2.24, 2.45) is 5.92 Å². The highest BCUT2D eigenvalue weighted by Gasteiger charge is 2.19. The zero-order valence-electron chi connectivity index (χ0n) is 17.0. The predicted molar refractivity (Wildman–Crippen MR) is 111 cm³/mol. The topological polar surface area (TPSA) is 59.5 Å². The highest BCUT2D eigenvalue weighted by molar-refractivity contribution is 5.93. The van der Waals surface area contributed by atoms with E-state index < -0.39 is 11.6 Å². The lowest BCUT2D eigenvalue weighted by Gasteiger charge is -2.28. The molecule has 1 saturated heterocycles. The third-order valence-corrected chi connectivity index (χ3v) is 5.42. The molecule has 4 rings (SSSR count). The molecule has 2 aromatic carbocycles. The van der Waals surface area contributed by atoms with Crippen LogP contribution in [-0.4, -0.2) is 48.7 Å². The number of nitrogens with zero attached hydrogens (tertiary/aromatic N) is 3. The van der Waals surface area contributed by atoms with Crippen LogP contribution in [0.2, 0.25) is 0 Å². The third-order valence-electron chi connectivity index (χ3n) is 5.42. The molecule has 0 unspecified atom stereocenters. The number of nitrogens with one attached hydrogen (secondary N) is 1. The minimum absolute atomic E-state index is 0.123. The Labute approximate surface area is 173 Å². The first-order chi connectivity index (χ1) is 14.5. The number of ether oxygens (including phenoxy) is 2. The van der Waals surface area contributed by atoms with Crippen LogP contribution in [0.4, 0.5) is 20.3 Å². The Hall–Kier alpha value is -3.00. The normalized spacial score (nSPS) is 15.3. The van der Waals surface area contributed by atoms with Crippen LogP contribution < -0.4 is 14.8 Å². The van der Waals surface area contributed by atoms with E-state index in [0.29, 0.717) is 40.7 Å². The molecule has 1 aromatic heterocycles. The van der Waals surface area contributed by atoms with Gasteiger partial charge in [-0.1, -0.05) is 0 Å². The second-order valence-corrected chi connectivity index (χ2v) is 7.55. The highest BCUT2D eigenvalue weighted by Crippen LogP contribution is 2.35. The number of aromatic nitrogens is 2. The van der Waals surface area contributed by atoms with Crippen LogP contribution in [0, 0.1) is 17.6 Å². The van der Waals surface area contributed by atoms with Crippen molar-refractivity contribution in [1.29, 1.82) is 0 Å². The number of methoxy groups -OCH3 is 1. The molecule has 0 saturated carbocycles. The van der Waals surface area contributed by atoms with Crippen LogP contribution in [0.25, 0.3) is 10.9 Å². The lowest BCUT2D eigenvalue weighted by molar-refractivity contribution is 0.157. The van der Waals surface area contributed by atoms with Crippen molar-refractivity contribution in [3.05, 3.63) is 48.3 Å². The molecule has 0 spiro atoms. The number of rotatable bonds is 6. The Kier molecular flexibility index (Phi) is 5.94. The molecule has 3 aromatic rings. The molecule has 0 amide bonds. The summed E-state index contributed by atoms with van der Waals surface area (Å²) in [7, 11) is 3.70. The second kappa shape index (κ2) is 8.79. The zero-order chi connectivity index (χ0) is 21.1. The fourth-order valence-corrected chi connectivity index (χ4v) is 3.59. The first kappa shape index (κ1) is 20.3. The van der Waals surface area contributed by atoms with Crippen molar-refractivity contribution in [3.8, 4) is 11.5 Å². The number of piperidine rings is 1. The first-order valence-electron chi connectivity index (χ1n) is 9.89. The summed E-state index contributed by atoms with van der Waals surface area (Å²) in [6.45, 7) is 2.77. The Morgan fingerprint density at radius 1 is 1.10 bits per heavy atom. The van der Waals surface area contributed by atoms with E-state index in [1.807, 2.05) is 0 Å². The van der Waals surface area contributed by atoms with Crippen LogP contribution in [0.3, 0.4) is 0 Å². The van der Waals surface area contributed by atoms with Crippen molar-refractivity contribution in [3.63, 3.8) is 0 Å². The molecule has 1 N–H and O–H groups in total. The molecule has 1 aliphatic rings. The number of fused-ring (bicyclic) bond motifs is 1. The molecule has 1 aliphatic heterocycles. The number of benzene rings is 2. The van der Waals surface area contributed by atoms with E-state index in [0.717, 1.165) is 32.0 Å². The summed E-state index contributed by atoms with van der Waals surface area (Å²) in [6, 6.07) is 6.90. The molecule has 30 heavy (non-hydrogen) atoms. The fraction of sp³-hybridized carbons (Fsp3) is 0.364. The number of halogens is 2. The van der Waals surface area contributed by atoms with Crippen LogP contribution >= 0.6 is 0 Å². The van der Waals surface area contributed by atoms with Crippen molar-refractivity contribution >= 4 is 22.4 Å². The van der Waals surface area contributed by atoms with Gasteiger partial charge in [-0.3, -0.25) is 0 Å². The monoisotopic (exact) mass is 414 g/mol. The van der Waals surface area contributed by atoms with Crippen molar-refractivity contribution in [2.45, 2.75) is 12.8 Å². The van der Waals surface area contributed by atoms with E-state index in [1.54, 1.807) is 19.2 Å². The summed E-state index contributed by atoms with van der Waals surface area (Å²) in [5, 5.41) is 3.55. The summed E-state index contributed by atoms with van der Waals surface area (Å²) < 4.78 is 38.8. The SMILES string of the molecule is COc1cc2c(Nc3ccc(F)cc3F)ncnc2cc1OCC1CCN(C)CC1. The minimum Gasteiger partial charge on any atom is -0.493 e. The van der Waals surface area contributed by atoms with Crippen molar-refractivity contribution in [2.75, 3.05) is 39.2 Å². The first-order valence-corrected chi connectivity index (χ1v) is 9.89. The summed E-state index contributed by atoms with van der Waals surface area (Å²) in [5.41, 5.74) is 0.757. The van der Waals surface area contributed by atoms with Crippen LogP contribution in [-0.2, 0) is 0 Å². The number of likely N-dealkylation sites (tertiary alicyclic amines) is 1. The van der Waals surface area contributed by atoms with Gasteiger partial charge in [0.05, 0.1) is 24.9 Å². The maximum atomic E-state index is 14.1. The van der Waals surface area contributed by atoms with Crippen molar-refractivity contribution in [1.82, 2.24) is 14.9 Å². The standard InChI is InChI=1S/C22H24F2N4O2/c1-28-7-5-14(6-8-28)12-30-21-11-19-16(10-20(21)29-2)22(26-13-25-19)27-18-4-3-15(23)9-17(18)24/h3-4,9-11,13-14H,5-8,12H2,1-2H3,(H,25,26,27). The maximum Gasteiger partial charge on any atom is 0.163 e. The quantitative estimate of drug-likeness (QED) is 0.646. The molecule has 158 valence electrons. The van der Waals surface area contributed by atoms with E-state index in [1.165, 1.54) is 18.5 Å². The van der Waals surface area contributed by atoms with E-state index in [4.69, 9.17) is 9.47 Å². The number of anilines is 2. The van der Waals surface area contributed by atoms with Gasteiger partial charge in [0.1, 0.15) is 23.8 Å². The van der Waals surface area contributed by atoms with Crippen LogP contribution in [0.15, 0.2) is 36.7 Å². The molecule has 0 radical (unpaired) electrons. The molecule has 2 heterocycles. The zero-order valence-corrected chi connectivity index (χ0v) is 17.0. The van der Waals surface area contributed by atoms with Crippen molar-refractivity contribution < 1.29 is 18.3 Å². The van der Waals surface area contributed by atoms with Gasteiger partial charge in [-0.25, -0.2) is 18.7 Å². The van der Waals surface area contributed by atoms with E-state index >= 15 is 0 Å². The summed E-state index contributed by atoms with van der Waals surface area (Å²) in [5.74, 6) is 0.719. The number of hydrogen-bond donors (Lipinski definition) is 1. The Balaban J connectivity index is 1.58. The Morgan fingerprint density at radius 2 is 1.90 bits per heavy atom. The number of hydrogen-bond acceptors (Lipinski definition) is 6. The molecule has 0 atom stereocenters. The molecule has 0 bridgehead atoms. The van der Waals surface area contributed by atoms with Gasteiger partial charge in [0.25, 0.3) is 0 Å². The summed E-state index contributed by atoms with van der Waals surface area (Å²) in [4.78, 5) is 10.8. The molecule has 1 fully saturated rings. The Morgan fingerprint density at radius 3 is 2.63 bits per heavy atom. The predicted octanol–water partition coefficient (Wildman–Crippen LogP) is 4.38. The van der Waals surface area contributed by atoms with Gasteiger partial charge in [-0.2, -0.15) is 0 Å². The smallest absolute Gasteiger partial charge is 0.163 e. The molecular formula is C22H24F2N4O2. The molecule has 6 nitrogen and oxygen atoms in total. The van der Waals surface area contributed by atoms with Gasteiger partial charge in [0, 0.05) is 17.5 Å². The average molecular weight is 414 g/mol. The van der Waals surface area contributed by atoms with Gasteiger partial charge in [0.15, 0.2) is 11.5 Å². The lowest BCUT2D eigenvalue weighted by atomic mass is 9.98. The van der Waals surface area contributed by atoms with Gasteiger partial charge < -0.3 is 19.7 Å². The summed E-state index contributed by atoms with van der Waals surface area (Å²) in [6.07, 6.45) is 3.59. The van der Waals surface area contributed by atoms with Gasteiger partial charge in [-0.15, -0.1) is 0 Å². The largest absolute Gasteiger partial charge is 0.493 e. The van der Waals surface area contributed by atoms with Crippen LogP contribution in [0.1, 0.15) is 12.8 Å². The van der Waals surface area contributed by atoms with Gasteiger partial charge in [-0.05, 0) is 57.1 Å². The fourth-order valence-electron chi connectivity index (χ4n) is 3.59. The van der Waals surface area contributed by atoms with E-state index in [2.05, 4.69) is 27.2 Å². The maximum absolute atomic E-state index is 14.1. The highest BCUT2D eigenvalue weighted by atomic mass is 19.1. The van der Waals surface area contributed by atoms with E-state index in [-0.39, 0.29) is 5.69 Å². The van der Waals surface area contributed by atoms with Crippen LogP contribution in [0.5, 0.6) is 11.5 Å². The third kappa shape index (κ3) is 4.43. The van der Waals surface area contributed by atoms with Gasteiger partial charge in [0.2, 0.25) is 0 Å². The second-order valence-electron chi connectivity index (χ2n) is 7.55. The molecule has 8 heteroatoms. The molecule has 0 aliphatic carbocycles. The lowest BCUT2D eigenvalue weighted by Crippen LogP contribution is -2.32. The summed E-state index contributed by atoms with van der Waals surface area (Å²) >= 11 is 0. The Bertz CT molecular complexity index is 1040. The van der Waals surface area contributed by atoms with Gasteiger partial charge >= 0.3 is 0 Å². The average Bonchev–Trinajstić information content (AvgIpc) is 2.75. The molecular weight excluding hydrogens is 390 g/mol. The minimum atomic E-state index is -0.702.